The molecule has 1 fully saturated rings. The summed E-state index contributed by atoms with van der Waals surface area (Å²) in [6.45, 7) is -0.315. The van der Waals surface area contributed by atoms with Gasteiger partial charge in [0.05, 0.1) is 1.37 Å². The molecule has 1 aromatic carbocycles. The molecule has 6 nitrogen and oxygen atoms in total. The van der Waals surface area contributed by atoms with Crippen LogP contribution in [0.2, 0.25) is 0 Å². The summed E-state index contributed by atoms with van der Waals surface area (Å²) in [6, 6.07) is -0.718. The van der Waals surface area contributed by atoms with E-state index in [2.05, 4.69) is 0 Å². The molecule has 1 saturated heterocycles. The number of nitrogens with two attached hydrogens (primary N) is 1. The zero-order valence-corrected chi connectivity index (χ0v) is 10.2. The van der Waals surface area contributed by atoms with Gasteiger partial charge in [-0.15, -0.1) is 0 Å². The van der Waals surface area contributed by atoms with Crippen molar-refractivity contribution in [3.8, 4) is 0 Å². The third-order valence-corrected chi connectivity index (χ3v) is 3.20. The first-order chi connectivity index (χ1) is 10.6. The van der Waals surface area contributed by atoms with Crippen molar-refractivity contribution in [1.29, 1.82) is 0 Å². The second-order valence-corrected chi connectivity index (χ2v) is 4.49. The molecular weight excluding hydrogens is 265 g/mol. The van der Waals surface area contributed by atoms with Gasteiger partial charge in [-0.2, -0.15) is 0 Å². The van der Waals surface area contributed by atoms with Gasteiger partial charge in [-0.3, -0.25) is 19.7 Å². The van der Waals surface area contributed by atoms with E-state index < -0.39 is 42.4 Å². The van der Waals surface area contributed by atoms with Gasteiger partial charge in [0.1, 0.15) is 11.8 Å². The smallest absolute Gasteiger partial charge is 0.255 e. The zero-order valence-electron chi connectivity index (χ0n) is 13.2. The Morgan fingerprint density at radius 3 is 2.90 bits per heavy atom. The number of imide groups is 1. The fourth-order valence-electron chi connectivity index (χ4n) is 2.27. The van der Waals surface area contributed by atoms with Crippen LogP contribution in [0, 0.1) is 5.82 Å². The monoisotopic (exact) mass is 280 g/mol. The van der Waals surface area contributed by atoms with E-state index in [0.29, 0.717) is 4.90 Å². The third kappa shape index (κ3) is 1.82. The Kier molecular flexibility index (Phi) is 2.03. The topological polar surface area (TPSA) is 92.5 Å². The first-order valence-electron chi connectivity index (χ1n) is 7.32. The Morgan fingerprint density at radius 2 is 2.20 bits per heavy atom. The summed E-state index contributed by atoms with van der Waals surface area (Å²) in [4.78, 5) is 36.6. The van der Waals surface area contributed by atoms with Gasteiger partial charge in [0.2, 0.25) is 11.8 Å². The van der Waals surface area contributed by atoms with Gasteiger partial charge < -0.3 is 10.6 Å². The van der Waals surface area contributed by atoms with Crippen LogP contribution in [0.5, 0.6) is 0 Å². The maximum atomic E-state index is 13.4. The average Bonchev–Trinajstić information content (AvgIpc) is 2.73. The first-order valence-corrected chi connectivity index (χ1v) is 5.82. The van der Waals surface area contributed by atoms with Crippen LogP contribution in [0.15, 0.2) is 12.1 Å². The molecule has 104 valence electrons. The number of nitrogen functional groups attached to an aromatic ring is 1. The van der Waals surface area contributed by atoms with Crippen molar-refractivity contribution in [2.24, 2.45) is 0 Å². The number of amides is 3. The molecule has 20 heavy (non-hydrogen) atoms. The number of anilines is 1. The van der Waals surface area contributed by atoms with Gasteiger partial charge >= 0.3 is 0 Å². The lowest BCUT2D eigenvalue weighted by atomic mass is 10.0. The molecule has 2 heterocycles. The second kappa shape index (κ2) is 4.29. The van der Waals surface area contributed by atoms with Gasteiger partial charge in [0.15, 0.2) is 0 Å². The molecule has 1 unspecified atom stereocenters. The Labute approximate surface area is 117 Å². The van der Waals surface area contributed by atoms with Gasteiger partial charge in [-0.25, -0.2) is 4.39 Å². The lowest BCUT2D eigenvalue weighted by molar-refractivity contribution is -0.136. The summed E-state index contributed by atoms with van der Waals surface area (Å²) in [5.74, 6) is -3.73. The van der Waals surface area contributed by atoms with Crippen molar-refractivity contribution in [2.75, 3.05) is 5.73 Å². The summed E-state index contributed by atoms with van der Waals surface area (Å²) >= 11 is 0. The summed E-state index contributed by atoms with van der Waals surface area (Å²) in [6.07, 6.45) is -3.34. The van der Waals surface area contributed by atoms with E-state index in [0.717, 1.165) is 12.1 Å². The molecule has 0 radical (unpaired) electrons. The Bertz CT molecular complexity index is 770. The maximum Gasteiger partial charge on any atom is 0.255 e. The highest BCUT2D eigenvalue weighted by Gasteiger charge is 2.39. The van der Waals surface area contributed by atoms with E-state index in [4.69, 9.17) is 9.85 Å². The molecule has 3 amide bonds. The summed E-state index contributed by atoms with van der Waals surface area (Å²) in [5, 5.41) is 1.87. The number of carbonyl (C=O) groups is 3. The Morgan fingerprint density at radius 1 is 1.45 bits per heavy atom. The molecule has 2 aliphatic heterocycles. The predicted octanol–water partition coefficient (Wildman–Crippen LogP) is 0.169. The number of hydrogen-bond donors (Lipinski definition) is 2. The van der Waals surface area contributed by atoms with Crippen molar-refractivity contribution in [3.05, 3.63) is 29.1 Å². The minimum absolute atomic E-state index is 0.0210. The van der Waals surface area contributed by atoms with Crippen molar-refractivity contribution in [1.82, 2.24) is 10.2 Å². The Hall–Kier alpha value is -2.44. The average molecular weight is 280 g/mol. The number of benzene rings is 1. The lowest BCUT2D eigenvalue weighted by Gasteiger charge is -2.29. The van der Waals surface area contributed by atoms with E-state index >= 15 is 0 Å². The van der Waals surface area contributed by atoms with Crippen molar-refractivity contribution < 1.29 is 22.9 Å². The van der Waals surface area contributed by atoms with Crippen LogP contribution < -0.4 is 11.1 Å². The van der Waals surface area contributed by atoms with Gasteiger partial charge in [-0.05, 0) is 18.5 Å². The number of carbonyl (C=O) groups excluding carboxylic acids is 3. The van der Waals surface area contributed by atoms with Crippen molar-refractivity contribution in [3.63, 3.8) is 0 Å². The second-order valence-electron chi connectivity index (χ2n) is 4.49. The molecule has 1 atom stereocenters. The fourth-order valence-corrected chi connectivity index (χ4v) is 2.27. The van der Waals surface area contributed by atoms with Crippen LogP contribution in [0.3, 0.4) is 0 Å². The van der Waals surface area contributed by atoms with Crippen molar-refractivity contribution in [2.45, 2.75) is 25.4 Å². The summed E-state index contributed by atoms with van der Waals surface area (Å²) in [5.41, 5.74) is 5.75. The molecule has 1 aromatic rings. The number of nitrogens with zero attached hydrogens (tertiary/aromatic N) is 1. The molecule has 0 spiro atoms. The minimum Gasteiger partial charge on any atom is -0.398 e. The molecule has 0 aromatic heterocycles. The zero-order chi connectivity index (χ0) is 17.2. The van der Waals surface area contributed by atoms with Crippen LogP contribution in [-0.2, 0) is 16.1 Å². The lowest BCUT2D eigenvalue weighted by Crippen LogP contribution is -2.52. The Balaban J connectivity index is 2.09. The SMILES string of the molecule is [2H]C1([2H])CC(=O)NC(=O)C1([2H])N1Cc2c(N)cc(F)cc2C1=O. The van der Waals surface area contributed by atoms with Crippen LogP contribution in [0.25, 0.3) is 0 Å². The standard InChI is InChI=1S/C13H12FN3O3/c14-6-3-7-8(9(15)4-6)5-17(13(7)20)10-1-2-11(18)16-12(10)19/h3-4,10H,1-2,5,15H2,(H,16,18,19)/i1D2,10D. The molecular formula is C13H12FN3O3. The number of piperidine rings is 1. The van der Waals surface area contributed by atoms with Gasteiger partial charge in [0, 0.05) is 32.5 Å². The summed E-state index contributed by atoms with van der Waals surface area (Å²) in [7, 11) is 0. The number of fused-ring (bicyclic) bond motifs is 1. The first kappa shape index (κ1) is 9.46. The number of hydrogen-bond acceptors (Lipinski definition) is 4. The molecule has 3 rings (SSSR count). The molecule has 7 heteroatoms. The highest BCUT2D eigenvalue weighted by Crippen LogP contribution is 2.31. The number of nitrogens with one attached hydrogen (secondary N) is 1. The quantitative estimate of drug-likeness (QED) is 0.566. The van der Waals surface area contributed by atoms with Crippen LogP contribution in [0.1, 0.15) is 32.8 Å². The maximum absolute atomic E-state index is 13.4. The van der Waals surface area contributed by atoms with Crippen LogP contribution >= 0.6 is 0 Å². The van der Waals surface area contributed by atoms with E-state index in [1.165, 1.54) is 0 Å². The van der Waals surface area contributed by atoms with Gasteiger partial charge in [-0.1, -0.05) is 0 Å². The molecule has 0 bridgehead atoms. The highest BCUT2D eigenvalue weighted by molar-refractivity contribution is 6.06. The fraction of sp³-hybridized carbons (Fsp3) is 0.308. The third-order valence-electron chi connectivity index (χ3n) is 3.20. The highest BCUT2D eigenvalue weighted by atomic mass is 19.1. The molecule has 2 aliphatic rings. The normalized spacial score (nSPS) is 30.4. The van der Waals surface area contributed by atoms with E-state index in [-0.39, 0.29) is 23.4 Å². The molecule has 3 N–H and O–H groups in total. The molecule has 0 saturated carbocycles. The molecule has 0 aliphatic carbocycles. The van der Waals surface area contributed by atoms with Crippen LogP contribution in [-0.4, -0.2) is 28.6 Å². The van der Waals surface area contributed by atoms with Gasteiger partial charge in [0.25, 0.3) is 5.91 Å². The van der Waals surface area contributed by atoms with E-state index in [1.54, 1.807) is 0 Å². The number of halogens is 1. The van der Waals surface area contributed by atoms with Crippen molar-refractivity contribution >= 4 is 23.4 Å². The van der Waals surface area contributed by atoms with E-state index in [1.807, 2.05) is 5.32 Å². The predicted molar refractivity (Wildman–Crippen MR) is 66.9 cm³/mol. The van der Waals surface area contributed by atoms with E-state index in [9.17, 15) is 18.8 Å². The van der Waals surface area contributed by atoms with Crippen LogP contribution in [0.4, 0.5) is 10.1 Å². The number of rotatable bonds is 1. The minimum atomic E-state index is -2.65. The summed E-state index contributed by atoms with van der Waals surface area (Å²) < 4.78 is 37.5. The largest absolute Gasteiger partial charge is 0.398 e.